The lowest BCUT2D eigenvalue weighted by Gasteiger charge is -2.23. The number of amides is 1. The van der Waals surface area contributed by atoms with Crippen LogP contribution in [0.4, 0.5) is 5.69 Å². The standard InChI is InChI=1S/C14H20N2O3S/c1-11(17)15-13-5-3-12(4-6-13)9-16(2)14-7-8-20(18,19)10-14/h3-6,14H,7-10H2,1-2H3,(H,15,17)/t14-/m0/s1. The Morgan fingerprint density at radius 1 is 1.35 bits per heavy atom. The minimum Gasteiger partial charge on any atom is -0.326 e. The number of anilines is 1. The molecule has 0 bridgehead atoms. The molecular formula is C14H20N2O3S. The van der Waals surface area contributed by atoms with Crippen LogP contribution in [0, 0.1) is 0 Å². The Bertz CT molecular complexity index is 581. The van der Waals surface area contributed by atoms with Gasteiger partial charge in [-0.25, -0.2) is 8.42 Å². The number of rotatable bonds is 4. The van der Waals surface area contributed by atoms with Gasteiger partial charge < -0.3 is 5.32 Å². The van der Waals surface area contributed by atoms with E-state index in [-0.39, 0.29) is 17.7 Å². The normalized spacial score (nSPS) is 21.1. The van der Waals surface area contributed by atoms with Gasteiger partial charge in [0.05, 0.1) is 11.5 Å². The highest BCUT2D eigenvalue weighted by Crippen LogP contribution is 2.19. The van der Waals surface area contributed by atoms with Gasteiger partial charge in [-0.05, 0) is 31.2 Å². The summed E-state index contributed by atoms with van der Waals surface area (Å²) in [6.45, 7) is 2.18. The summed E-state index contributed by atoms with van der Waals surface area (Å²) in [5.41, 5.74) is 1.87. The van der Waals surface area contributed by atoms with Crippen LogP contribution in [0.3, 0.4) is 0 Å². The Kier molecular flexibility index (Phi) is 4.45. The predicted molar refractivity (Wildman–Crippen MR) is 79.3 cm³/mol. The van der Waals surface area contributed by atoms with E-state index in [0.29, 0.717) is 18.7 Å². The molecule has 1 aliphatic rings. The summed E-state index contributed by atoms with van der Waals surface area (Å²) in [4.78, 5) is 13.0. The molecule has 1 N–H and O–H groups in total. The zero-order chi connectivity index (χ0) is 14.8. The maximum absolute atomic E-state index is 11.5. The monoisotopic (exact) mass is 296 g/mol. The van der Waals surface area contributed by atoms with Crippen LogP contribution in [0.2, 0.25) is 0 Å². The van der Waals surface area contributed by atoms with Crippen molar-refractivity contribution >= 4 is 21.4 Å². The van der Waals surface area contributed by atoms with E-state index in [9.17, 15) is 13.2 Å². The van der Waals surface area contributed by atoms with E-state index in [2.05, 4.69) is 10.2 Å². The van der Waals surface area contributed by atoms with Crippen molar-refractivity contribution in [1.82, 2.24) is 4.90 Å². The molecule has 1 aromatic carbocycles. The maximum atomic E-state index is 11.5. The van der Waals surface area contributed by atoms with Crippen LogP contribution in [0.1, 0.15) is 18.9 Å². The third kappa shape index (κ3) is 4.05. The average molecular weight is 296 g/mol. The Morgan fingerprint density at radius 3 is 2.50 bits per heavy atom. The zero-order valence-corrected chi connectivity index (χ0v) is 12.6. The Hall–Kier alpha value is -1.40. The lowest BCUT2D eigenvalue weighted by molar-refractivity contribution is -0.114. The number of carbonyl (C=O) groups is 1. The first-order valence-electron chi connectivity index (χ1n) is 6.63. The van der Waals surface area contributed by atoms with Crippen LogP contribution >= 0.6 is 0 Å². The molecule has 1 aromatic rings. The second-order valence-electron chi connectivity index (χ2n) is 5.35. The lowest BCUT2D eigenvalue weighted by atomic mass is 10.1. The van der Waals surface area contributed by atoms with Crippen LogP contribution < -0.4 is 5.32 Å². The minimum atomic E-state index is -2.84. The molecule has 1 fully saturated rings. The van der Waals surface area contributed by atoms with Crippen molar-refractivity contribution in [2.24, 2.45) is 0 Å². The van der Waals surface area contributed by atoms with Crippen LogP contribution in [0.5, 0.6) is 0 Å². The van der Waals surface area contributed by atoms with Gasteiger partial charge in [-0.15, -0.1) is 0 Å². The first-order chi connectivity index (χ1) is 9.35. The number of benzene rings is 1. The molecule has 20 heavy (non-hydrogen) atoms. The van der Waals surface area contributed by atoms with E-state index in [1.54, 1.807) is 0 Å². The smallest absolute Gasteiger partial charge is 0.221 e. The Morgan fingerprint density at radius 2 is 2.00 bits per heavy atom. The van der Waals surface area contributed by atoms with Crippen molar-refractivity contribution < 1.29 is 13.2 Å². The number of carbonyl (C=O) groups excluding carboxylic acids is 1. The highest BCUT2D eigenvalue weighted by molar-refractivity contribution is 7.91. The predicted octanol–water partition coefficient (Wildman–Crippen LogP) is 1.26. The minimum absolute atomic E-state index is 0.0916. The molecule has 5 nitrogen and oxygen atoms in total. The molecule has 1 amide bonds. The molecular weight excluding hydrogens is 276 g/mol. The summed E-state index contributed by atoms with van der Waals surface area (Å²) in [7, 11) is -0.890. The Balaban J connectivity index is 1.94. The molecule has 0 radical (unpaired) electrons. The molecule has 0 unspecified atom stereocenters. The fraction of sp³-hybridized carbons (Fsp3) is 0.500. The summed E-state index contributed by atoms with van der Waals surface area (Å²) < 4.78 is 23.0. The molecule has 6 heteroatoms. The first-order valence-corrected chi connectivity index (χ1v) is 8.45. The highest BCUT2D eigenvalue weighted by atomic mass is 32.2. The van der Waals surface area contributed by atoms with Crippen molar-refractivity contribution in [1.29, 1.82) is 0 Å². The number of nitrogens with one attached hydrogen (secondary N) is 1. The second kappa shape index (κ2) is 5.93. The van der Waals surface area contributed by atoms with E-state index in [1.165, 1.54) is 6.92 Å². The van der Waals surface area contributed by atoms with E-state index in [1.807, 2.05) is 31.3 Å². The van der Waals surface area contributed by atoms with E-state index < -0.39 is 9.84 Å². The number of hydrogen-bond acceptors (Lipinski definition) is 4. The van der Waals surface area contributed by atoms with Crippen molar-refractivity contribution in [3.8, 4) is 0 Å². The zero-order valence-electron chi connectivity index (χ0n) is 11.8. The van der Waals surface area contributed by atoms with Gasteiger partial charge in [-0.3, -0.25) is 9.69 Å². The Labute approximate surface area is 119 Å². The van der Waals surface area contributed by atoms with Gasteiger partial charge >= 0.3 is 0 Å². The van der Waals surface area contributed by atoms with Crippen molar-refractivity contribution in [3.05, 3.63) is 29.8 Å². The summed E-state index contributed by atoms with van der Waals surface area (Å²) >= 11 is 0. The highest BCUT2D eigenvalue weighted by Gasteiger charge is 2.30. The third-order valence-corrected chi connectivity index (χ3v) is 5.29. The lowest BCUT2D eigenvalue weighted by Crippen LogP contribution is -2.32. The second-order valence-corrected chi connectivity index (χ2v) is 7.58. The van der Waals surface area contributed by atoms with E-state index >= 15 is 0 Å². The molecule has 0 aliphatic carbocycles. The van der Waals surface area contributed by atoms with Crippen molar-refractivity contribution in [2.75, 3.05) is 23.9 Å². The largest absolute Gasteiger partial charge is 0.326 e. The first kappa shape index (κ1) is 15.0. The van der Waals surface area contributed by atoms with Gasteiger partial charge in [0.25, 0.3) is 0 Å². The van der Waals surface area contributed by atoms with Gasteiger partial charge in [0.1, 0.15) is 0 Å². The molecule has 110 valence electrons. The molecule has 0 aromatic heterocycles. The number of hydrogen-bond donors (Lipinski definition) is 1. The van der Waals surface area contributed by atoms with Gasteiger partial charge in [0.15, 0.2) is 9.84 Å². The van der Waals surface area contributed by atoms with Gasteiger partial charge in [-0.2, -0.15) is 0 Å². The third-order valence-electron chi connectivity index (χ3n) is 3.54. The van der Waals surface area contributed by atoms with Gasteiger partial charge in [0, 0.05) is 25.2 Å². The number of nitrogens with zero attached hydrogens (tertiary/aromatic N) is 1. The molecule has 1 atom stereocenters. The van der Waals surface area contributed by atoms with Crippen molar-refractivity contribution in [3.63, 3.8) is 0 Å². The quantitative estimate of drug-likeness (QED) is 0.908. The molecule has 1 aliphatic heterocycles. The van der Waals surface area contributed by atoms with E-state index in [0.717, 1.165) is 11.3 Å². The topological polar surface area (TPSA) is 66.5 Å². The van der Waals surface area contributed by atoms with Crippen LogP contribution in [-0.2, 0) is 21.2 Å². The average Bonchev–Trinajstić information content (AvgIpc) is 2.72. The van der Waals surface area contributed by atoms with Crippen molar-refractivity contribution in [2.45, 2.75) is 25.9 Å². The number of sulfone groups is 1. The fourth-order valence-corrected chi connectivity index (χ4v) is 4.24. The van der Waals surface area contributed by atoms with E-state index in [4.69, 9.17) is 0 Å². The fourth-order valence-electron chi connectivity index (χ4n) is 2.44. The van der Waals surface area contributed by atoms with Crippen LogP contribution in [0.15, 0.2) is 24.3 Å². The van der Waals surface area contributed by atoms with Crippen LogP contribution in [-0.4, -0.2) is 43.8 Å². The molecule has 0 spiro atoms. The summed E-state index contributed by atoms with van der Waals surface area (Å²) in [5.74, 6) is 0.461. The molecule has 0 saturated carbocycles. The van der Waals surface area contributed by atoms with Gasteiger partial charge in [0.2, 0.25) is 5.91 Å². The summed E-state index contributed by atoms with van der Waals surface area (Å²) in [6, 6.07) is 7.72. The maximum Gasteiger partial charge on any atom is 0.221 e. The van der Waals surface area contributed by atoms with Crippen LogP contribution in [0.25, 0.3) is 0 Å². The SMILES string of the molecule is CC(=O)Nc1ccc(CN(C)[C@H]2CCS(=O)(=O)C2)cc1. The summed E-state index contributed by atoms with van der Waals surface area (Å²) in [6.07, 6.45) is 0.711. The molecule has 2 rings (SSSR count). The van der Waals surface area contributed by atoms with Gasteiger partial charge in [-0.1, -0.05) is 12.1 Å². The molecule has 1 heterocycles. The summed E-state index contributed by atoms with van der Waals surface area (Å²) in [5, 5.41) is 2.72. The molecule has 1 saturated heterocycles.